The van der Waals surface area contributed by atoms with E-state index in [1.54, 1.807) is 24.3 Å². The van der Waals surface area contributed by atoms with Gasteiger partial charge in [0.2, 0.25) is 10.0 Å². The molecule has 2 aromatic rings. The summed E-state index contributed by atoms with van der Waals surface area (Å²) in [6, 6.07) is 9.77. The summed E-state index contributed by atoms with van der Waals surface area (Å²) in [4.78, 5) is 16.1. The van der Waals surface area contributed by atoms with Crippen LogP contribution in [-0.2, 0) is 19.3 Å². The predicted molar refractivity (Wildman–Crippen MR) is 94.1 cm³/mol. The molecule has 0 saturated carbocycles. The molecule has 2 amide bonds. The standard InChI is InChI=1S/C13H13ClN4O5S2/c14-8-4-6-9(7-5-8)17-13(19)18-12-10(24-23-22-15)2-1-3-11(12)25(16,20)21/h1-7H,15H2,(H2,16,20,21)(H2,17,18,19). The van der Waals surface area contributed by atoms with Crippen molar-refractivity contribution in [3.8, 4) is 0 Å². The van der Waals surface area contributed by atoms with Gasteiger partial charge in [-0.3, -0.25) is 0 Å². The third kappa shape index (κ3) is 5.57. The van der Waals surface area contributed by atoms with Crippen LogP contribution in [0.5, 0.6) is 0 Å². The highest BCUT2D eigenvalue weighted by atomic mass is 35.5. The van der Waals surface area contributed by atoms with E-state index in [1.165, 1.54) is 18.2 Å². The Labute approximate surface area is 152 Å². The van der Waals surface area contributed by atoms with Gasteiger partial charge in [-0.05, 0) is 36.4 Å². The molecule has 0 radical (unpaired) electrons. The molecule has 0 unspecified atom stereocenters. The van der Waals surface area contributed by atoms with Crippen molar-refractivity contribution < 1.29 is 22.5 Å². The van der Waals surface area contributed by atoms with Gasteiger partial charge in [-0.1, -0.05) is 17.7 Å². The van der Waals surface area contributed by atoms with Crippen LogP contribution in [0.1, 0.15) is 0 Å². The number of para-hydroxylation sites is 1. The first-order valence-corrected chi connectivity index (χ1v) is 9.17. The number of urea groups is 1. The van der Waals surface area contributed by atoms with Crippen LogP contribution >= 0.6 is 23.6 Å². The van der Waals surface area contributed by atoms with E-state index >= 15 is 0 Å². The molecule has 0 fully saturated rings. The quantitative estimate of drug-likeness (QED) is 0.328. The predicted octanol–water partition coefficient (Wildman–Crippen LogP) is 2.46. The average Bonchev–Trinajstić information content (AvgIpc) is 2.55. The maximum atomic E-state index is 12.2. The van der Waals surface area contributed by atoms with Gasteiger partial charge in [0.25, 0.3) is 0 Å². The molecule has 6 N–H and O–H groups in total. The van der Waals surface area contributed by atoms with Crippen LogP contribution < -0.4 is 21.7 Å². The number of nitrogens with one attached hydrogen (secondary N) is 2. The summed E-state index contributed by atoms with van der Waals surface area (Å²) in [5, 5.41) is 10.6. The zero-order chi connectivity index (χ0) is 18.4. The number of nitrogens with two attached hydrogens (primary N) is 2. The Hall–Kier alpha value is -1.86. The second-order valence-electron chi connectivity index (χ2n) is 4.51. The van der Waals surface area contributed by atoms with Crippen LogP contribution in [0.25, 0.3) is 0 Å². The molecule has 0 aliphatic carbocycles. The summed E-state index contributed by atoms with van der Waals surface area (Å²) in [5.41, 5.74) is 0.365. The second-order valence-corrected chi connectivity index (χ2v) is 7.22. The number of primary sulfonamides is 1. The van der Waals surface area contributed by atoms with Crippen LogP contribution in [0.4, 0.5) is 16.2 Å². The summed E-state index contributed by atoms with van der Waals surface area (Å²) >= 11 is 6.37. The van der Waals surface area contributed by atoms with Gasteiger partial charge in [0.15, 0.2) is 0 Å². The summed E-state index contributed by atoms with van der Waals surface area (Å²) in [6.45, 7) is 0. The van der Waals surface area contributed by atoms with Crippen molar-refractivity contribution in [1.29, 1.82) is 0 Å². The average molecular weight is 405 g/mol. The van der Waals surface area contributed by atoms with Crippen molar-refractivity contribution in [1.82, 2.24) is 0 Å². The molecule has 0 aliphatic rings. The summed E-state index contributed by atoms with van der Waals surface area (Å²) < 4.78 is 28.0. The van der Waals surface area contributed by atoms with Gasteiger partial charge < -0.3 is 10.6 Å². The molecular formula is C13H13ClN4O5S2. The van der Waals surface area contributed by atoms with Crippen LogP contribution in [0, 0.1) is 0 Å². The zero-order valence-electron chi connectivity index (χ0n) is 12.4. The highest BCUT2D eigenvalue weighted by Crippen LogP contribution is 2.33. The molecule has 0 atom stereocenters. The number of sulfonamides is 1. The third-order valence-corrected chi connectivity index (χ3v) is 4.67. The lowest BCUT2D eigenvalue weighted by molar-refractivity contribution is -0.195. The summed E-state index contributed by atoms with van der Waals surface area (Å²) in [7, 11) is -4.11. The largest absolute Gasteiger partial charge is 0.323 e. The number of hydrogen-bond donors (Lipinski definition) is 4. The molecule has 0 spiro atoms. The number of hydrogen-bond acceptors (Lipinski definition) is 7. The molecule has 0 saturated heterocycles. The maximum absolute atomic E-state index is 12.2. The maximum Gasteiger partial charge on any atom is 0.323 e. The number of benzene rings is 2. The summed E-state index contributed by atoms with van der Waals surface area (Å²) in [5.74, 6) is 4.77. The normalized spacial score (nSPS) is 11.2. The van der Waals surface area contributed by atoms with E-state index in [2.05, 4.69) is 20.0 Å². The van der Waals surface area contributed by atoms with Crippen molar-refractivity contribution in [2.24, 2.45) is 11.0 Å². The first kappa shape index (κ1) is 19.5. The lowest BCUT2D eigenvalue weighted by Gasteiger charge is -2.14. The first-order chi connectivity index (χ1) is 11.8. The van der Waals surface area contributed by atoms with E-state index < -0.39 is 16.1 Å². The third-order valence-electron chi connectivity index (χ3n) is 2.80. The van der Waals surface area contributed by atoms with Gasteiger partial charge in [-0.25, -0.2) is 18.4 Å². The molecular weight excluding hydrogens is 392 g/mol. The van der Waals surface area contributed by atoms with Crippen molar-refractivity contribution in [2.45, 2.75) is 9.79 Å². The number of carbonyl (C=O) groups is 1. The Morgan fingerprint density at radius 3 is 2.40 bits per heavy atom. The fraction of sp³-hybridized carbons (Fsp3) is 0. The molecule has 9 nitrogen and oxygen atoms in total. The first-order valence-electron chi connectivity index (χ1n) is 6.50. The Balaban J connectivity index is 2.29. The lowest BCUT2D eigenvalue weighted by Crippen LogP contribution is -2.23. The minimum atomic E-state index is -4.11. The van der Waals surface area contributed by atoms with Crippen molar-refractivity contribution in [3.05, 3.63) is 47.5 Å². The zero-order valence-corrected chi connectivity index (χ0v) is 14.8. The second kappa shape index (κ2) is 8.49. The topological polar surface area (TPSA) is 146 Å². The van der Waals surface area contributed by atoms with Crippen LogP contribution in [0.15, 0.2) is 52.3 Å². The number of rotatable bonds is 6. The Morgan fingerprint density at radius 1 is 1.12 bits per heavy atom. The molecule has 0 bridgehead atoms. The van der Waals surface area contributed by atoms with E-state index in [-0.39, 0.29) is 15.5 Å². The fourth-order valence-corrected chi connectivity index (χ4v) is 3.20. The highest BCUT2D eigenvalue weighted by molar-refractivity contribution is 7.94. The van der Waals surface area contributed by atoms with Gasteiger partial charge in [-0.2, -0.15) is 5.90 Å². The number of amides is 2. The fourth-order valence-electron chi connectivity index (χ4n) is 1.81. The molecule has 12 heteroatoms. The Bertz CT molecular complexity index is 861. The Morgan fingerprint density at radius 2 is 1.80 bits per heavy atom. The summed E-state index contributed by atoms with van der Waals surface area (Å²) in [6.07, 6.45) is 0. The van der Waals surface area contributed by atoms with Gasteiger partial charge in [0.05, 0.1) is 22.6 Å². The van der Waals surface area contributed by atoms with Gasteiger partial charge in [0, 0.05) is 10.7 Å². The number of halogens is 1. The van der Waals surface area contributed by atoms with E-state index in [0.717, 1.165) is 0 Å². The Kier molecular flexibility index (Phi) is 6.61. The van der Waals surface area contributed by atoms with Crippen LogP contribution in [0.2, 0.25) is 5.02 Å². The number of anilines is 2. The van der Waals surface area contributed by atoms with Gasteiger partial charge in [-0.15, -0.1) is 9.32 Å². The molecule has 2 rings (SSSR count). The minimum Gasteiger partial charge on any atom is -0.308 e. The van der Waals surface area contributed by atoms with Crippen molar-refractivity contribution >= 4 is 51.1 Å². The van der Waals surface area contributed by atoms with E-state index in [1.807, 2.05) is 0 Å². The van der Waals surface area contributed by atoms with Crippen LogP contribution in [-0.4, -0.2) is 14.4 Å². The SMILES string of the molecule is NOOSc1cccc(S(N)(=O)=O)c1NC(=O)Nc1ccc(Cl)cc1. The molecule has 25 heavy (non-hydrogen) atoms. The van der Waals surface area contributed by atoms with E-state index in [0.29, 0.717) is 22.8 Å². The van der Waals surface area contributed by atoms with Crippen molar-refractivity contribution in [2.75, 3.05) is 10.6 Å². The molecule has 134 valence electrons. The van der Waals surface area contributed by atoms with E-state index in [4.69, 9.17) is 22.6 Å². The minimum absolute atomic E-state index is 0.0847. The van der Waals surface area contributed by atoms with Crippen molar-refractivity contribution in [3.63, 3.8) is 0 Å². The molecule has 2 aromatic carbocycles. The molecule has 0 aliphatic heterocycles. The highest BCUT2D eigenvalue weighted by Gasteiger charge is 2.20. The lowest BCUT2D eigenvalue weighted by atomic mass is 10.3. The molecule has 0 aromatic heterocycles. The molecule has 0 heterocycles. The van der Waals surface area contributed by atoms with Crippen LogP contribution in [0.3, 0.4) is 0 Å². The van der Waals surface area contributed by atoms with E-state index in [9.17, 15) is 13.2 Å². The monoisotopic (exact) mass is 404 g/mol. The smallest absolute Gasteiger partial charge is 0.308 e. The number of carbonyl (C=O) groups excluding carboxylic acids is 1. The van der Waals surface area contributed by atoms with Gasteiger partial charge in [0.1, 0.15) is 4.90 Å². The van der Waals surface area contributed by atoms with Gasteiger partial charge >= 0.3 is 6.03 Å².